The molecule has 1 N–H and O–H groups in total. The van der Waals surface area contributed by atoms with Gasteiger partial charge in [0.2, 0.25) is 0 Å². The van der Waals surface area contributed by atoms with Crippen LogP contribution in [-0.4, -0.2) is 22.6 Å². The topological polar surface area (TPSA) is 29.9 Å². The van der Waals surface area contributed by atoms with Crippen LogP contribution in [0.4, 0.5) is 0 Å². The second-order valence-corrected chi connectivity index (χ2v) is 5.55. The van der Waals surface area contributed by atoms with Crippen LogP contribution in [0, 0.1) is 12.8 Å². The molecule has 2 heterocycles. The second kappa shape index (κ2) is 4.42. The van der Waals surface area contributed by atoms with E-state index in [1.165, 1.54) is 17.5 Å². The summed E-state index contributed by atoms with van der Waals surface area (Å²) in [6.07, 6.45) is 1.26. The average molecular weight is 294 g/mol. The summed E-state index contributed by atoms with van der Waals surface area (Å²) >= 11 is 3.57. The number of nitrogens with one attached hydrogen (secondary N) is 1. The van der Waals surface area contributed by atoms with E-state index in [0.717, 1.165) is 35.8 Å². The van der Waals surface area contributed by atoms with E-state index in [-0.39, 0.29) is 0 Å². The van der Waals surface area contributed by atoms with Crippen LogP contribution in [0.5, 0.6) is 0 Å². The molecule has 0 bridgehead atoms. The first kappa shape index (κ1) is 11.2. The lowest BCUT2D eigenvalue weighted by Gasteiger charge is -2.11. The molecule has 1 aromatic carbocycles. The largest absolute Gasteiger partial charge is 0.318 e. The average Bonchev–Trinajstić information content (AvgIpc) is 2.88. The van der Waals surface area contributed by atoms with Gasteiger partial charge in [-0.25, -0.2) is 4.98 Å². The number of hydrogen-bond donors (Lipinski definition) is 1. The predicted octanol–water partition coefficient (Wildman–Crippen LogP) is 2.72. The van der Waals surface area contributed by atoms with Crippen molar-refractivity contribution in [2.24, 2.45) is 5.92 Å². The SMILES string of the molecule is Cc1ccc2c(c1)nc(Br)n2CC1CCNC1. The van der Waals surface area contributed by atoms with Gasteiger partial charge in [0, 0.05) is 6.54 Å². The molecular formula is C13H16BrN3. The first-order chi connectivity index (χ1) is 8.24. The second-order valence-electron chi connectivity index (χ2n) is 4.84. The molecule has 17 heavy (non-hydrogen) atoms. The molecule has 1 unspecified atom stereocenters. The zero-order valence-electron chi connectivity index (χ0n) is 9.91. The van der Waals surface area contributed by atoms with Crippen LogP contribution >= 0.6 is 15.9 Å². The minimum absolute atomic E-state index is 0.727. The Morgan fingerprint density at radius 2 is 2.41 bits per heavy atom. The van der Waals surface area contributed by atoms with E-state index in [9.17, 15) is 0 Å². The van der Waals surface area contributed by atoms with Crippen molar-refractivity contribution in [3.63, 3.8) is 0 Å². The van der Waals surface area contributed by atoms with Gasteiger partial charge in [-0.3, -0.25) is 0 Å². The molecule has 1 atom stereocenters. The molecule has 1 aromatic heterocycles. The Morgan fingerprint density at radius 1 is 1.53 bits per heavy atom. The Bertz CT molecular complexity index is 541. The molecule has 0 radical (unpaired) electrons. The molecular weight excluding hydrogens is 278 g/mol. The van der Waals surface area contributed by atoms with Crippen molar-refractivity contribution in [1.29, 1.82) is 0 Å². The van der Waals surface area contributed by atoms with Gasteiger partial charge in [-0.2, -0.15) is 0 Å². The molecule has 3 nitrogen and oxygen atoms in total. The van der Waals surface area contributed by atoms with Gasteiger partial charge in [0.05, 0.1) is 11.0 Å². The highest BCUT2D eigenvalue weighted by molar-refractivity contribution is 9.10. The van der Waals surface area contributed by atoms with Crippen LogP contribution in [0.2, 0.25) is 0 Å². The molecule has 1 fully saturated rings. The highest BCUT2D eigenvalue weighted by atomic mass is 79.9. The Morgan fingerprint density at radius 3 is 3.18 bits per heavy atom. The smallest absolute Gasteiger partial charge is 0.178 e. The molecule has 4 heteroatoms. The fraction of sp³-hybridized carbons (Fsp3) is 0.462. The summed E-state index contributed by atoms with van der Waals surface area (Å²) in [4.78, 5) is 4.58. The Kier molecular flexibility index (Phi) is 2.92. The van der Waals surface area contributed by atoms with Gasteiger partial charge < -0.3 is 9.88 Å². The third kappa shape index (κ3) is 2.11. The van der Waals surface area contributed by atoms with Gasteiger partial charge in [0.25, 0.3) is 0 Å². The van der Waals surface area contributed by atoms with E-state index in [0.29, 0.717) is 0 Å². The summed E-state index contributed by atoms with van der Waals surface area (Å²) < 4.78 is 3.23. The first-order valence-electron chi connectivity index (χ1n) is 6.07. The summed E-state index contributed by atoms with van der Waals surface area (Å²) in [6.45, 7) is 5.42. The van der Waals surface area contributed by atoms with Gasteiger partial charge in [-0.1, -0.05) is 6.07 Å². The summed E-state index contributed by atoms with van der Waals surface area (Å²) in [6, 6.07) is 6.47. The lowest BCUT2D eigenvalue weighted by atomic mass is 10.1. The third-order valence-corrected chi connectivity index (χ3v) is 4.07. The highest BCUT2D eigenvalue weighted by Crippen LogP contribution is 2.23. The molecule has 0 spiro atoms. The summed E-state index contributed by atoms with van der Waals surface area (Å²) in [7, 11) is 0. The van der Waals surface area contributed by atoms with Crippen molar-refractivity contribution < 1.29 is 0 Å². The van der Waals surface area contributed by atoms with Crippen LogP contribution in [0.15, 0.2) is 22.9 Å². The van der Waals surface area contributed by atoms with E-state index in [1.54, 1.807) is 0 Å². The lowest BCUT2D eigenvalue weighted by molar-refractivity contribution is 0.484. The minimum atomic E-state index is 0.727. The Labute approximate surface area is 109 Å². The fourth-order valence-electron chi connectivity index (χ4n) is 2.51. The Hall–Kier alpha value is -0.870. The van der Waals surface area contributed by atoms with E-state index < -0.39 is 0 Å². The number of hydrogen-bond acceptors (Lipinski definition) is 2. The number of halogens is 1. The molecule has 3 rings (SSSR count). The van der Waals surface area contributed by atoms with Crippen LogP contribution in [0.3, 0.4) is 0 Å². The summed E-state index contributed by atoms with van der Waals surface area (Å²) in [5.41, 5.74) is 3.58. The van der Waals surface area contributed by atoms with Crippen molar-refractivity contribution >= 4 is 27.0 Å². The van der Waals surface area contributed by atoms with Crippen molar-refractivity contribution in [2.45, 2.75) is 19.9 Å². The van der Waals surface area contributed by atoms with Crippen LogP contribution in [-0.2, 0) is 6.54 Å². The molecule has 0 saturated carbocycles. The van der Waals surface area contributed by atoms with Crippen LogP contribution in [0.1, 0.15) is 12.0 Å². The third-order valence-electron chi connectivity index (χ3n) is 3.46. The fourth-order valence-corrected chi connectivity index (χ4v) is 3.04. The zero-order chi connectivity index (χ0) is 11.8. The van der Waals surface area contributed by atoms with Gasteiger partial charge in [0.1, 0.15) is 0 Å². The van der Waals surface area contributed by atoms with Gasteiger partial charge in [-0.05, 0) is 66.0 Å². The normalized spacial score (nSPS) is 20.2. The Balaban J connectivity index is 1.99. The number of benzene rings is 1. The van der Waals surface area contributed by atoms with Gasteiger partial charge >= 0.3 is 0 Å². The van der Waals surface area contributed by atoms with Crippen molar-refractivity contribution in [2.75, 3.05) is 13.1 Å². The lowest BCUT2D eigenvalue weighted by Crippen LogP contribution is -2.14. The number of nitrogens with zero attached hydrogens (tertiary/aromatic N) is 2. The first-order valence-corrected chi connectivity index (χ1v) is 6.86. The van der Waals surface area contributed by atoms with E-state index in [4.69, 9.17) is 0 Å². The molecule has 1 aliphatic rings. The van der Waals surface area contributed by atoms with Crippen molar-refractivity contribution in [3.05, 3.63) is 28.5 Å². The maximum Gasteiger partial charge on any atom is 0.178 e. The predicted molar refractivity (Wildman–Crippen MR) is 73.1 cm³/mol. The van der Waals surface area contributed by atoms with Gasteiger partial charge in [0.15, 0.2) is 4.73 Å². The molecule has 0 aliphatic carbocycles. The van der Waals surface area contributed by atoms with Crippen LogP contribution < -0.4 is 5.32 Å². The summed E-state index contributed by atoms with van der Waals surface area (Å²) in [5, 5.41) is 3.41. The quantitative estimate of drug-likeness (QED) is 0.923. The van der Waals surface area contributed by atoms with Crippen molar-refractivity contribution in [1.82, 2.24) is 14.9 Å². The standard InChI is InChI=1S/C13H16BrN3/c1-9-2-3-12-11(6-9)16-13(14)17(12)8-10-4-5-15-7-10/h2-3,6,10,15H,4-5,7-8H2,1H3. The number of aromatic nitrogens is 2. The van der Waals surface area contributed by atoms with E-state index in [2.05, 4.69) is 55.9 Å². The van der Waals surface area contributed by atoms with E-state index in [1.807, 2.05) is 0 Å². The molecule has 1 saturated heterocycles. The number of aryl methyl sites for hydroxylation is 1. The monoisotopic (exact) mass is 293 g/mol. The molecule has 2 aromatic rings. The zero-order valence-corrected chi connectivity index (χ0v) is 11.5. The number of rotatable bonds is 2. The number of fused-ring (bicyclic) bond motifs is 1. The number of imidazole rings is 1. The molecule has 1 aliphatic heterocycles. The minimum Gasteiger partial charge on any atom is -0.318 e. The maximum atomic E-state index is 4.58. The van der Waals surface area contributed by atoms with E-state index >= 15 is 0 Å². The van der Waals surface area contributed by atoms with Gasteiger partial charge in [-0.15, -0.1) is 0 Å². The van der Waals surface area contributed by atoms with Crippen LogP contribution in [0.25, 0.3) is 11.0 Å². The molecule has 90 valence electrons. The summed E-state index contributed by atoms with van der Waals surface area (Å²) in [5.74, 6) is 0.727. The van der Waals surface area contributed by atoms with Crippen molar-refractivity contribution in [3.8, 4) is 0 Å². The highest BCUT2D eigenvalue weighted by Gasteiger charge is 2.17. The molecule has 0 amide bonds. The maximum absolute atomic E-state index is 4.58.